The molecule has 1 aromatic carbocycles. The van der Waals surface area contributed by atoms with Crippen LogP contribution in [0.2, 0.25) is 0 Å². The van der Waals surface area contributed by atoms with Crippen molar-refractivity contribution < 1.29 is 13.2 Å². The Balaban J connectivity index is 2.34. The van der Waals surface area contributed by atoms with Gasteiger partial charge in [-0.1, -0.05) is 33.1 Å². The van der Waals surface area contributed by atoms with Gasteiger partial charge in [-0.05, 0) is 37.1 Å². The molecule has 1 atom stereocenters. The molecule has 0 radical (unpaired) electrons. The molecule has 0 saturated carbocycles. The van der Waals surface area contributed by atoms with E-state index in [2.05, 4.69) is 19.2 Å². The van der Waals surface area contributed by atoms with E-state index in [1.807, 2.05) is 11.8 Å². The van der Waals surface area contributed by atoms with E-state index in [-0.39, 0.29) is 0 Å². The Morgan fingerprint density at radius 2 is 1.76 bits per heavy atom. The van der Waals surface area contributed by atoms with Gasteiger partial charge in [-0.15, -0.1) is 11.8 Å². The predicted octanol–water partition coefficient (Wildman–Crippen LogP) is 6.17. The number of anilines is 1. The van der Waals surface area contributed by atoms with Crippen LogP contribution >= 0.6 is 11.8 Å². The van der Waals surface area contributed by atoms with E-state index < -0.39 is 11.7 Å². The Bertz CT molecular complexity index is 390. The predicted molar refractivity (Wildman–Crippen MR) is 85.7 cm³/mol. The minimum absolute atomic E-state index is 0.605. The Hall–Kier alpha value is -0.840. The molecule has 5 heteroatoms. The molecule has 0 aromatic heterocycles. The molecule has 0 fully saturated rings. The van der Waals surface area contributed by atoms with Crippen molar-refractivity contribution in [3.05, 3.63) is 29.8 Å². The summed E-state index contributed by atoms with van der Waals surface area (Å²) >= 11 is 1.84. The molecule has 0 aliphatic carbocycles. The van der Waals surface area contributed by atoms with Crippen LogP contribution in [0.25, 0.3) is 0 Å². The maximum Gasteiger partial charge on any atom is 0.416 e. The second-order valence-electron chi connectivity index (χ2n) is 5.09. The van der Waals surface area contributed by atoms with Gasteiger partial charge in [0.05, 0.1) is 11.4 Å². The molecule has 1 rings (SSSR count). The zero-order valence-electron chi connectivity index (χ0n) is 12.7. The van der Waals surface area contributed by atoms with E-state index in [0.717, 1.165) is 30.1 Å². The van der Waals surface area contributed by atoms with Gasteiger partial charge in [0.2, 0.25) is 0 Å². The van der Waals surface area contributed by atoms with Crippen molar-refractivity contribution in [1.29, 1.82) is 0 Å². The summed E-state index contributed by atoms with van der Waals surface area (Å²) in [6.45, 7) is 4.38. The van der Waals surface area contributed by atoms with E-state index in [1.165, 1.54) is 37.8 Å². The molecule has 120 valence electrons. The van der Waals surface area contributed by atoms with Crippen LogP contribution in [-0.2, 0) is 6.18 Å². The second-order valence-corrected chi connectivity index (χ2v) is 6.38. The van der Waals surface area contributed by atoms with Crippen molar-refractivity contribution in [2.24, 2.45) is 0 Å². The van der Waals surface area contributed by atoms with E-state index in [9.17, 15) is 13.2 Å². The highest BCUT2D eigenvalue weighted by Crippen LogP contribution is 2.30. The fraction of sp³-hybridized carbons (Fsp3) is 0.625. The molecule has 0 heterocycles. The van der Waals surface area contributed by atoms with E-state index >= 15 is 0 Å². The lowest BCUT2D eigenvalue weighted by molar-refractivity contribution is -0.137. The summed E-state index contributed by atoms with van der Waals surface area (Å²) < 4.78 is 37.3. The van der Waals surface area contributed by atoms with E-state index in [1.54, 1.807) is 0 Å². The summed E-state index contributed by atoms with van der Waals surface area (Å²) in [5.41, 5.74) is 0.130. The van der Waals surface area contributed by atoms with Gasteiger partial charge in [0, 0.05) is 10.9 Å². The van der Waals surface area contributed by atoms with Crippen molar-refractivity contribution in [3.63, 3.8) is 0 Å². The molecule has 0 unspecified atom stereocenters. The van der Waals surface area contributed by atoms with Gasteiger partial charge in [0.15, 0.2) is 0 Å². The van der Waals surface area contributed by atoms with Crippen molar-refractivity contribution in [3.8, 4) is 0 Å². The fourth-order valence-corrected chi connectivity index (χ4v) is 3.10. The molecule has 0 amide bonds. The van der Waals surface area contributed by atoms with Gasteiger partial charge in [0.1, 0.15) is 0 Å². The van der Waals surface area contributed by atoms with Crippen LogP contribution in [0.4, 0.5) is 18.9 Å². The monoisotopic (exact) mass is 319 g/mol. The molecule has 0 bridgehead atoms. The van der Waals surface area contributed by atoms with E-state index in [0.29, 0.717) is 5.25 Å². The van der Waals surface area contributed by atoms with E-state index in [4.69, 9.17) is 0 Å². The van der Waals surface area contributed by atoms with Crippen molar-refractivity contribution in [2.45, 2.75) is 57.4 Å². The molecule has 1 N–H and O–H groups in total. The van der Waals surface area contributed by atoms with Crippen molar-refractivity contribution >= 4 is 17.4 Å². The number of nitrogens with one attached hydrogen (secondary N) is 1. The third-order valence-corrected chi connectivity index (χ3v) is 4.74. The van der Waals surface area contributed by atoms with Gasteiger partial charge in [-0.3, -0.25) is 0 Å². The van der Waals surface area contributed by atoms with Gasteiger partial charge in [0.25, 0.3) is 0 Å². The lowest BCUT2D eigenvalue weighted by Crippen LogP contribution is -2.08. The van der Waals surface area contributed by atoms with Gasteiger partial charge in [-0.25, -0.2) is 0 Å². The van der Waals surface area contributed by atoms with Crippen LogP contribution in [0.3, 0.4) is 0 Å². The quantitative estimate of drug-likeness (QED) is 0.431. The minimum atomic E-state index is -4.26. The van der Waals surface area contributed by atoms with Crippen LogP contribution < -0.4 is 5.32 Å². The summed E-state index contributed by atoms with van der Waals surface area (Å²) in [5, 5.41) is 3.80. The first-order valence-corrected chi connectivity index (χ1v) is 8.55. The molecule has 0 aliphatic rings. The highest BCUT2D eigenvalue weighted by Gasteiger charge is 2.29. The normalized spacial score (nSPS) is 13.2. The second kappa shape index (κ2) is 9.23. The highest BCUT2D eigenvalue weighted by molar-refractivity contribution is 7.99. The highest BCUT2D eigenvalue weighted by atomic mass is 32.2. The number of hydrogen-bond acceptors (Lipinski definition) is 2. The number of thioether (sulfide) groups is 1. The summed E-state index contributed by atoms with van der Waals surface area (Å²) in [5.74, 6) is 0.732. The fourth-order valence-electron chi connectivity index (χ4n) is 2.05. The molecule has 21 heavy (non-hydrogen) atoms. The summed E-state index contributed by atoms with van der Waals surface area (Å²) in [6.07, 6.45) is 1.82. The molecule has 0 aliphatic heterocycles. The van der Waals surface area contributed by atoms with Gasteiger partial charge in [-0.2, -0.15) is 13.2 Å². The Labute approximate surface area is 129 Å². The van der Waals surface area contributed by atoms with Crippen LogP contribution in [0, 0.1) is 0 Å². The van der Waals surface area contributed by atoms with Gasteiger partial charge < -0.3 is 5.32 Å². The number of hydrogen-bond donors (Lipinski definition) is 1. The molecular formula is C16H24F3NS. The topological polar surface area (TPSA) is 12.0 Å². The van der Waals surface area contributed by atoms with Crippen molar-refractivity contribution in [1.82, 2.24) is 0 Å². The average molecular weight is 319 g/mol. The largest absolute Gasteiger partial charge is 0.416 e. The minimum Gasteiger partial charge on any atom is -0.376 e. The molecule has 0 saturated heterocycles. The Morgan fingerprint density at radius 1 is 1.10 bits per heavy atom. The maximum atomic E-state index is 12.4. The van der Waals surface area contributed by atoms with Crippen molar-refractivity contribution in [2.75, 3.05) is 11.2 Å². The lowest BCUT2D eigenvalue weighted by Gasteiger charge is -2.15. The van der Waals surface area contributed by atoms with Crippen LogP contribution in [-0.4, -0.2) is 11.1 Å². The standard InChI is InChI=1S/C16H24F3NS/c1-3-5-6-7-15(4-2)21-12-20-14-10-8-13(9-11-14)16(17,18)19/h8-11,15,20H,3-7,12H2,1-2H3/t15-/m0/s1. The third-order valence-electron chi connectivity index (χ3n) is 3.39. The molecular weight excluding hydrogens is 295 g/mol. The molecule has 1 nitrogen and oxygen atoms in total. The summed E-state index contributed by atoms with van der Waals surface area (Å²) in [4.78, 5) is 0. The van der Waals surface area contributed by atoms with Crippen LogP contribution in [0.1, 0.15) is 51.5 Å². The number of alkyl halides is 3. The number of unbranched alkanes of at least 4 members (excludes halogenated alkanes) is 2. The summed E-state index contributed by atoms with van der Waals surface area (Å²) in [6, 6.07) is 5.21. The van der Waals surface area contributed by atoms with Crippen LogP contribution in [0.5, 0.6) is 0 Å². The SMILES string of the molecule is CCCCC[C@H](CC)SCNc1ccc(C(F)(F)F)cc1. The summed E-state index contributed by atoms with van der Waals surface area (Å²) in [7, 11) is 0. The zero-order chi connectivity index (χ0) is 15.7. The third kappa shape index (κ3) is 7.11. The molecule has 0 spiro atoms. The lowest BCUT2D eigenvalue weighted by atomic mass is 10.1. The zero-order valence-corrected chi connectivity index (χ0v) is 13.5. The number of halogens is 3. The number of benzene rings is 1. The Morgan fingerprint density at radius 3 is 2.29 bits per heavy atom. The first-order chi connectivity index (χ1) is 9.97. The smallest absolute Gasteiger partial charge is 0.376 e. The number of rotatable bonds is 9. The Kier molecular flexibility index (Phi) is 8.01. The maximum absolute atomic E-state index is 12.4. The van der Waals surface area contributed by atoms with Crippen LogP contribution in [0.15, 0.2) is 24.3 Å². The molecule has 1 aromatic rings. The first kappa shape index (κ1) is 18.2. The average Bonchev–Trinajstić information content (AvgIpc) is 2.45. The van der Waals surface area contributed by atoms with Gasteiger partial charge >= 0.3 is 6.18 Å². The first-order valence-electron chi connectivity index (χ1n) is 7.50.